The largest absolute Gasteiger partial charge is 0.380 e. The molecule has 0 fully saturated rings. The van der Waals surface area contributed by atoms with E-state index in [2.05, 4.69) is 15.9 Å². The molecule has 1 heterocycles. The minimum Gasteiger partial charge on any atom is -0.380 e. The van der Waals surface area contributed by atoms with Crippen molar-refractivity contribution in [3.63, 3.8) is 0 Å². The van der Waals surface area contributed by atoms with Gasteiger partial charge >= 0.3 is 0 Å². The van der Waals surface area contributed by atoms with Crippen LogP contribution in [0.5, 0.6) is 0 Å². The molecule has 0 bridgehead atoms. The number of hydroxylamine groups is 3. The van der Waals surface area contributed by atoms with Gasteiger partial charge in [-0.2, -0.15) is 5.06 Å². The van der Waals surface area contributed by atoms with Crippen molar-refractivity contribution in [2.24, 2.45) is 5.73 Å². The second-order valence-electron chi connectivity index (χ2n) is 2.71. The van der Waals surface area contributed by atoms with Crippen molar-refractivity contribution in [2.75, 3.05) is 5.06 Å². The number of hydrogen-bond donors (Lipinski definition) is 2. The summed E-state index contributed by atoms with van der Waals surface area (Å²) in [6, 6.07) is 7.38. The molecule has 1 aromatic rings. The summed E-state index contributed by atoms with van der Waals surface area (Å²) in [5, 5.41) is 10.9. The molecule has 14 heavy (non-hydrogen) atoms. The molecule has 3 N–H and O–H groups in total. The average molecular weight is 258 g/mol. The second kappa shape index (κ2) is 3.49. The molecule has 1 aliphatic heterocycles. The summed E-state index contributed by atoms with van der Waals surface area (Å²) in [6.07, 6.45) is 1.48. The maximum absolute atomic E-state index is 9.05. The SMILES string of the molecule is NC1=CN(c2ccc(Br)cc2)ON1O. The second-order valence-corrected chi connectivity index (χ2v) is 3.63. The van der Waals surface area contributed by atoms with E-state index in [9.17, 15) is 0 Å². The monoisotopic (exact) mass is 257 g/mol. The molecule has 0 radical (unpaired) electrons. The molecule has 0 unspecified atom stereocenters. The first-order valence-corrected chi connectivity index (χ1v) is 4.65. The fraction of sp³-hybridized carbons (Fsp3) is 0. The predicted molar refractivity (Wildman–Crippen MR) is 53.6 cm³/mol. The molecule has 0 saturated carbocycles. The average Bonchev–Trinajstić information content (AvgIpc) is 2.48. The molecular formula is C8H8BrN3O2. The van der Waals surface area contributed by atoms with Crippen molar-refractivity contribution >= 4 is 21.6 Å². The standard InChI is InChI=1S/C8H8BrN3O2/c9-6-1-3-7(4-2-6)11-5-8(10)12(13)14-11/h1-5,13H,10H2. The highest BCUT2D eigenvalue weighted by Crippen LogP contribution is 2.23. The van der Waals surface area contributed by atoms with Crippen LogP contribution >= 0.6 is 15.9 Å². The van der Waals surface area contributed by atoms with E-state index in [0.717, 1.165) is 10.2 Å². The maximum Gasteiger partial charge on any atom is 0.176 e. The first kappa shape index (κ1) is 9.32. The van der Waals surface area contributed by atoms with Crippen molar-refractivity contribution in [1.82, 2.24) is 5.23 Å². The van der Waals surface area contributed by atoms with Crippen LogP contribution in [-0.4, -0.2) is 10.4 Å². The third-order valence-corrected chi connectivity index (χ3v) is 2.25. The Morgan fingerprint density at radius 2 is 1.93 bits per heavy atom. The molecule has 5 nitrogen and oxygen atoms in total. The van der Waals surface area contributed by atoms with Crippen LogP contribution in [0.4, 0.5) is 5.69 Å². The van der Waals surface area contributed by atoms with E-state index in [0.29, 0.717) is 5.23 Å². The summed E-state index contributed by atoms with van der Waals surface area (Å²) >= 11 is 3.32. The number of benzene rings is 1. The van der Waals surface area contributed by atoms with Crippen molar-refractivity contribution in [3.8, 4) is 0 Å². The van der Waals surface area contributed by atoms with E-state index >= 15 is 0 Å². The van der Waals surface area contributed by atoms with Gasteiger partial charge in [-0.1, -0.05) is 21.2 Å². The summed E-state index contributed by atoms with van der Waals surface area (Å²) < 4.78 is 0.971. The van der Waals surface area contributed by atoms with Gasteiger partial charge in [0.25, 0.3) is 0 Å². The molecule has 1 aliphatic rings. The Labute approximate surface area is 89.0 Å². The van der Waals surface area contributed by atoms with Crippen molar-refractivity contribution < 1.29 is 10.1 Å². The third kappa shape index (κ3) is 1.67. The van der Waals surface area contributed by atoms with Crippen LogP contribution in [0.2, 0.25) is 0 Å². The zero-order chi connectivity index (χ0) is 10.1. The predicted octanol–water partition coefficient (Wildman–Crippen LogP) is 1.56. The topological polar surface area (TPSA) is 62.0 Å². The highest BCUT2D eigenvalue weighted by Gasteiger charge is 2.19. The molecule has 0 aromatic heterocycles. The lowest BCUT2D eigenvalue weighted by Crippen LogP contribution is -2.22. The van der Waals surface area contributed by atoms with Gasteiger partial charge in [0, 0.05) is 4.47 Å². The lowest BCUT2D eigenvalue weighted by atomic mass is 10.3. The van der Waals surface area contributed by atoms with Crippen LogP contribution in [0, 0.1) is 0 Å². The lowest BCUT2D eigenvalue weighted by molar-refractivity contribution is -0.304. The minimum absolute atomic E-state index is 0.132. The van der Waals surface area contributed by atoms with Crippen molar-refractivity contribution in [1.29, 1.82) is 0 Å². The third-order valence-electron chi connectivity index (χ3n) is 1.72. The smallest absolute Gasteiger partial charge is 0.176 e. The summed E-state index contributed by atoms with van der Waals surface area (Å²) in [5.74, 6) is 0.132. The quantitative estimate of drug-likeness (QED) is 0.800. The highest BCUT2D eigenvalue weighted by molar-refractivity contribution is 9.10. The molecule has 0 saturated heterocycles. The van der Waals surface area contributed by atoms with Crippen molar-refractivity contribution in [3.05, 3.63) is 40.8 Å². The Kier molecular flexibility index (Phi) is 2.32. The molecule has 1 aromatic carbocycles. The van der Waals surface area contributed by atoms with Crippen LogP contribution in [0.25, 0.3) is 0 Å². The summed E-state index contributed by atoms with van der Waals surface area (Å²) in [7, 11) is 0. The zero-order valence-electron chi connectivity index (χ0n) is 7.09. The van der Waals surface area contributed by atoms with E-state index in [1.807, 2.05) is 24.3 Å². The van der Waals surface area contributed by atoms with Gasteiger partial charge < -0.3 is 5.73 Å². The lowest BCUT2D eigenvalue weighted by Gasteiger charge is -2.14. The van der Waals surface area contributed by atoms with Gasteiger partial charge in [0.2, 0.25) is 0 Å². The van der Waals surface area contributed by atoms with Crippen LogP contribution in [0.3, 0.4) is 0 Å². The van der Waals surface area contributed by atoms with Crippen LogP contribution in [-0.2, 0) is 4.94 Å². The van der Waals surface area contributed by atoms with E-state index in [4.69, 9.17) is 15.9 Å². The number of rotatable bonds is 1. The summed E-state index contributed by atoms with van der Waals surface area (Å²) in [6.45, 7) is 0. The van der Waals surface area contributed by atoms with Gasteiger partial charge in [-0.25, -0.2) is 0 Å². The Morgan fingerprint density at radius 1 is 1.29 bits per heavy atom. The fourth-order valence-electron chi connectivity index (χ4n) is 1.03. The number of nitrogens with zero attached hydrogens (tertiary/aromatic N) is 2. The molecule has 0 aliphatic carbocycles. The van der Waals surface area contributed by atoms with Crippen LogP contribution in [0.15, 0.2) is 40.8 Å². The Bertz CT molecular complexity index is 365. The summed E-state index contributed by atoms with van der Waals surface area (Å²) in [4.78, 5) is 4.89. The molecule has 0 atom stereocenters. The van der Waals surface area contributed by atoms with Crippen LogP contribution in [0.1, 0.15) is 0 Å². The van der Waals surface area contributed by atoms with Gasteiger partial charge in [0.1, 0.15) is 0 Å². The zero-order valence-corrected chi connectivity index (χ0v) is 8.68. The Balaban J connectivity index is 2.22. The number of hydrogen-bond acceptors (Lipinski definition) is 5. The Hall–Kier alpha value is -1.24. The van der Waals surface area contributed by atoms with E-state index in [1.54, 1.807) is 0 Å². The minimum atomic E-state index is 0.132. The summed E-state index contributed by atoms with van der Waals surface area (Å²) in [5.41, 5.74) is 6.17. The fourth-order valence-corrected chi connectivity index (χ4v) is 1.30. The molecule has 6 heteroatoms. The van der Waals surface area contributed by atoms with E-state index < -0.39 is 0 Å². The van der Waals surface area contributed by atoms with Crippen LogP contribution < -0.4 is 10.8 Å². The van der Waals surface area contributed by atoms with Gasteiger partial charge in [0.05, 0.1) is 11.9 Å². The normalized spacial score (nSPS) is 16.0. The van der Waals surface area contributed by atoms with Gasteiger partial charge in [-0.05, 0) is 24.3 Å². The van der Waals surface area contributed by atoms with Gasteiger partial charge in [0.15, 0.2) is 5.82 Å². The molecule has 0 spiro atoms. The molecular weight excluding hydrogens is 250 g/mol. The Morgan fingerprint density at radius 3 is 2.43 bits per heavy atom. The number of anilines is 1. The molecule has 0 amide bonds. The van der Waals surface area contributed by atoms with E-state index in [1.165, 1.54) is 11.3 Å². The highest BCUT2D eigenvalue weighted by atomic mass is 79.9. The number of nitrogens with two attached hydrogens (primary N) is 1. The van der Waals surface area contributed by atoms with Gasteiger partial charge in [-0.3, -0.25) is 5.21 Å². The number of halogens is 1. The first-order chi connectivity index (χ1) is 6.66. The maximum atomic E-state index is 9.05. The molecule has 2 rings (SSSR count). The van der Waals surface area contributed by atoms with Gasteiger partial charge in [-0.15, -0.1) is 4.94 Å². The van der Waals surface area contributed by atoms with Crippen molar-refractivity contribution in [2.45, 2.75) is 0 Å². The molecule has 74 valence electrons. The van der Waals surface area contributed by atoms with E-state index in [-0.39, 0.29) is 5.82 Å². The first-order valence-electron chi connectivity index (χ1n) is 3.86.